The topological polar surface area (TPSA) is 96.9 Å². The second kappa shape index (κ2) is 12.3. The maximum atomic E-state index is 13.3. The Morgan fingerprint density at radius 1 is 1.00 bits per heavy atom. The second-order valence-electron chi connectivity index (χ2n) is 7.43. The van der Waals surface area contributed by atoms with Crippen LogP contribution in [-0.2, 0) is 9.59 Å². The Kier molecular flexibility index (Phi) is 9.74. The third-order valence-electron chi connectivity index (χ3n) is 4.87. The van der Waals surface area contributed by atoms with Crippen LogP contribution in [-0.4, -0.2) is 49.3 Å². The SMILES string of the molecule is Cc1cc(OCC(=O)NC[C@@H](O)CCNC(=O)COc2ccc(Cl)c(F)c2)cc(C)c1C. The van der Waals surface area contributed by atoms with Crippen molar-refractivity contribution in [3.05, 3.63) is 57.9 Å². The van der Waals surface area contributed by atoms with Gasteiger partial charge in [0.15, 0.2) is 13.2 Å². The Morgan fingerprint density at radius 3 is 2.22 bits per heavy atom. The van der Waals surface area contributed by atoms with Crippen molar-refractivity contribution in [1.29, 1.82) is 0 Å². The van der Waals surface area contributed by atoms with E-state index in [1.807, 2.05) is 32.9 Å². The van der Waals surface area contributed by atoms with Gasteiger partial charge in [0.1, 0.15) is 17.3 Å². The molecular weight excluding hydrogens is 439 g/mol. The van der Waals surface area contributed by atoms with Gasteiger partial charge in [-0.3, -0.25) is 9.59 Å². The number of nitrogens with one attached hydrogen (secondary N) is 2. The van der Waals surface area contributed by atoms with Crippen molar-refractivity contribution >= 4 is 23.4 Å². The summed E-state index contributed by atoms with van der Waals surface area (Å²) in [5, 5.41) is 15.1. The maximum absolute atomic E-state index is 13.3. The molecule has 1 atom stereocenters. The zero-order valence-electron chi connectivity index (χ0n) is 18.3. The predicted molar refractivity (Wildman–Crippen MR) is 120 cm³/mol. The van der Waals surface area contributed by atoms with Crippen LogP contribution in [0.15, 0.2) is 30.3 Å². The molecule has 0 spiro atoms. The molecule has 32 heavy (non-hydrogen) atoms. The van der Waals surface area contributed by atoms with Gasteiger partial charge >= 0.3 is 0 Å². The van der Waals surface area contributed by atoms with Gasteiger partial charge < -0.3 is 25.2 Å². The van der Waals surface area contributed by atoms with E-state index in [1.165, 1.54) is 17.7 Å². The Labute approximate surface area is 191 Å². The van der Waals surface area contributed by atoms with Crippen LogP contribution >= 0.6 is 11.6 Å². The number of aliphatic hydroxyl groups is 1. The molecule has 0 aliphatic carbocycles. The van der Waals surface area contributed by atoms with Crippen molar-refractivity contribution in [3.8, 4) is 11.5 Å². The van der Waals surface area contributed by atoms with E-state index >= 15 is 0 Å². The first-order chi connectivity index (χ1) is 15.2. The van der Waals surface area contributed by atoms with Gasteiger partial charge in [0.2, 0.25) is 0 Å². The van der Waals surface area contributed by atoms with Crippen LogP contribution in [0.2, 0.25) is 5.02 Å². The second-order valence-corrected chi connectivity index (χ2v) is 7.84. The molecule has 3 N–H and O–H groups in total. The van der Waals surface area contributed by atoms with Gasteiger partial charge in [0, 0.05) is 19.2 Å². The lowest BCUT2D eigenvalue weighted by molar-refractivity contribution is -0.124. The number of hydrogen-bond donors (Lipinski definition) is 3. The highest BCUT2D eigenvalue weighted by Gasteiger charge is 2.10. The van der Waals surface area contributed by atoms with Gasteiger partial charge in [-0.05, 0) is 68.1 Å². The van der Waals surface area contributed by atoms with Gasteiger partial charge in [-0.25, -0.2) is 4.39 Å². The summed E-state index contributed by atoms with van der Waals surface area (Å²) in [4.78, 5) is 23.7. The van der Waals surface area contributed by atoms with E-state index in [1.54, 1.807) is 0 Å². The number of benzene rings is 2. The van der Waals surface area contributed by atoms with Gasteiger partial charge in [0.05, 0.1) is 11.1 Å². The number of aryl methyl sites for hydroxylation is 2. The van der Waals surface area contributed by atoms with Gasteiger partial charge in [-0.1, -0.05) is 11.6 Å². The molecule has 0 saturated heterocycles. The number of amides is 2. The van der Waals surface area contributed by atoms with E-state index < -0.39 is 17.8 Å². The lowest BCUT2D eigenvalue weighted by Gasteiger charge is -2.14. The summed E-state index contributed by atoms with van der Waals surface area (Å²) in [6.07, 6.45) is -0.604. The largest absolute Gasteiger partial charge is 0.484 e. The number of aliphatic hydroxyl groups excluding tert-OH is 1. The molecule has 0 fully saturated rings. The summed E-state index contributed by atoms with van der Waals surface area (Å²) in [7, 11) is 0. The van der Waals surface area contributed by atoms with Crippen LogP contribution in [0.25, 0.3) is 0 Å². The first-order valence-corrected chi connectivity index (χ1v) is 10.5. The fourth-order valence-electron chi connectivity index (χ4n) is 2.76. The summed E-state index contributed by atoms with van der Waals surface area (Å²) in [5.74, 6) is -0.610. The molecule has 174 valence electrons. The first kappa shape index (κ1) is 25.4. The predicted octanol–water partition coefficient (Wildman–Crippen LogP) is 2.85. The first-order valence-electron chi connectivity index (χ1n) is 10.2. The van der Waals surface area contributed by atoms with Crippen molar-refractivity contribution in [2.24, 2.45) is 0 Å². The number of halogens is 2. The van der Waals surface area contributed by atoms with E-state index in [4.69, 9.17) is 21.1 Å². The maximum Gasteiger partial charge on any atom is 0.258 e. The number of carbonyl (C=O) groups excluding carboxylic acids is 2. The highest BCUT2D eigenvalue weighted by atomic mass is 35.5. The fraction of sp³-hybridized carbons (Fsp3) is 0.391. The molecule has 0 aliphatic rings. The van der Waals surface area contributed by atoms with Crippen molar-refractivity contribution in [1.82, 2.24) is 10.6 Å². The van der Waals surface area contributed by atoms with Crippen LogP contribution in [0.1, 0.15) is 23.1 Å². The Morgan fingerprint density at radius 2 is 1.59 bits per heavy atom. The van der Waals surface area contributed by atoms with E-state index in [0.29, 0.717) is 5.75 Å². The average Bonchev–Trinajstić information content (AvgIpc) is 2.75. The summed E-state index contributed by atoms with van der Waals surface area (Å²) in [5.41, 5.74) is 3.36. The molecule has 7 nitrogen and oxygen atoms in total. The molecule has 0 radical (unpaired) electrons. The van der Waals surface area contributed by atoms with E-state index in [9.17, 15) is 19.1 Å². The minimum Gasteiger partial charge on any atom is -0.484 e. The normalized spacial score (nSPS) is 11.6. The molecule has 0 heterocycles. The Balaban J connectivity index is 1.60. The molecule has 2 aromatic carbocycles. The minimum atomic E-state index is -0.839. The molecule has 0 aromatic heterocycles. The van der Waals surface area contributed by atoms with Gasteiger partial charge in [-0.15, -0.1) is 0 Å². The summed E-state index contributed by atoms with van der Waals surface area (Å²) in [6, 6.07) is 7.63. The molecule has 2 rings (SSSR count). The number of hydrogen-bond acceptors (Lipinski definition) is 5. The van der Waals surface area contributed by atoms with Crippen LogP contribution < -0.4 is 20.1 Å². The number of carbonyl (C=O) groups is 2. The third kappa shape index (κ3) is 8.36. The molecule has 2 amide bonds. The molecular formula is C23H28ClFN2O5. The van der Waals surface area contributed by atoms with Crippen LogP contribution in [0.5, 0.6) is 11.5 Å². The zero-order valence-corrected chi connectivity index (χ0v) is 19.1. The Bertz CT molecular complexity index is 931. The number of ether oxygens (including phenoxy) is 2. The number of rotatable bonds is 11. The smallest absolute Gasteiger partial charge is 0.258 e. The molecule has 2 aromatic rings. The molecule has 0 bridgehead atoms. The minimum absolute atomic E-state index is 0.0323. The molecule has 9 heteroatoms. The molecule has 0 saturated carbocycles. The van der Waals surface area contributed by atoms with Crippen molar-refractivity contribution in [2.75, 3.05) is 26.3 Å². The zero-order chi connectivity index (χ0) is 23.7. The van der Waals surface area contributed by atoms with E-state index in [2.05, 4.69) is 10.6 Å². The average molecular weight is 467 g/mol. The van der Waals surface area contributed by atoms with E-state index in [0.717, 1.165) is 17.2 Å². The molecule has 0 aliphatic heterocycles. The van der Waals surface area contributed by atoms with Crippen molar-refractivity contribution < 1.29 is 28.6 Å². The van der Waals surface area contributed by atoms with E-state index in [-0.39, 0.29) is 49.4 Å². The van der Waals surface area contributed by atoms with Crippen molar-refractivity contribution in [3.63, 3.8) is 0 Å². The monoisotopic (exact) mass is 466 g/mol. The lowest BCUT2D eigenvalue weighted by atomic mass is 10.0. The fourth-order valence-corrected chi connectivity index (χ4v) is 2.88. The van der Waals surface area contributed by atoms with Crippen LogP contribution in [0, 0.1) is 26.6 Å². The molecule has 0 unspecified atom stereocenters. The summed E-state index contributed by atoms with van der Waals surface area (Å²) >= 11 is 5.58. The highest BCUT2D eigenvalue weighted by Crippen LogP contribution is 2.21. The highest BCUT2D eigenvalue weighted by molar-refractivity contribution is 6.30. The third-order valence-corrected chi connectivity index (χ3v) is 5.17. The van der Waals surface area contributed by atoms with Crippen molar-refractivity contribution in [2.45, 2.75) is 33.3 Å². The van der Waals surface area contributed by atoms with Gasteiger partial charge in [-0.2, -0.15) is 0 Å². The standard InChI is InChI=1S/C23H28ClFN2O5/c1-14-8-19(9-15(2)16(14)3)32-13-23(30)27-11-17(28)6-7-26-22(29)12-31-18-4-5-20(24)21(25)10-18/h4-5,8-10,17,28H,6-7,11-13H2,1-3H3,(H,26,29)(H,27,30)/t17-/m0/s1. The summed E-state index contributed by atoms with van der Waals surface area (Å²) in [6.45, 7) is 5.75. The van der Waals surface area contributed by atoms with Crippen LogP contribution in [0.3, 0.4) is 0 Å². The Hall–Kier alpha value is -2.84. The van der Waals surface area contributed by atoms with Gasteiger partial charge in [0.25, 0.3) is 11.8 Å². The lowest BCUT2D eigenvalue weighted by Crippen LogP contribution is -2.37. The van der Waals surface area contributed by atoms with Crippen LogP contribution in [0.4, 0.5) is 4.39 Å². The quantitative estimate of drug-likeness (QED) is 0.473. The summed E-state index contributed by atoms with van der Waals surface area (Å²) < 4.78 is 24.0.